The van der Waals surface area contributed by atoms with Gasteiger partial charge in [-0.15, -0.1) is 6.42 Å². The number of pyridine rings is 2. The summed E-state index contributed by atoms with van der Waals surface area (Å²) < 4.78 is 11.0. The summed E-state index contributed by atoms with van der Waals surface area (Å²) in [4.78, 5) is 30.2. The van der Waals surface area contributed by atoms with E-state index < -0.39 is 23.4 Å². The fourth-order valence-electron chi connectivity index (χ4n) is 2.01. The number of aromatic nitrogens is 2. The second-order valence-corrected chi connectivity index (χ2v) is 10.4. The van der Waals surface area contributed by atoms with Crippen LogP contribution in [-0.4, -0.2) is 46.4 Å². The summed E-state index contributed by atoms with van der Waals surface area (Å²) in [6, 6.07) is 7.72. The Balaban J connectivity index is 0.000000579. The van der Waals surface area contributed by atoms with Crippen molar-refractivity contribution in [1.29, 1.82) is 0 Å². The van der Waals surface area contributed by atoms with E-state index in [-0.39, 0.29) is 13.1 Å². The molecule has 2 N–H and O–H groups in total. The predicted octanol–water partition coefficient (Wildman–Crippen LogP) is 5.56. The number of nitrogens with zero attached hydrogens (tertiary/aromatic N) is 2. The summed E-state index contributed by atoms with van der Waals surface area (Å²) in [5.41, 5.74) is 1.88. The van der Waals surface area contributed by atoms with E-state index in [1.54, 1.807) is 33.2 Å². The standard InChI is InChI=1S/C14H18N2O2.C8H13NO2.C6H6BrN/c1-11-7-8-12(10-16-11)6-5-9-15-13(17)18-14(2,3)4;1-5-6-9-7(10)11-8(2,3)4;1-5-2-3-6(7)4-8-5/h7-8,10H,9H2,1-4H3,(H,15,17);1H,6H2,2-4H3,(H,9,10);2-4H,1H3. The Labute approximate surface area is 229 Å². The predicted molar refractivity (Wildman–Crippen MR) is 150 cm³/mol. The number of alkyl carbamates (subject to hydrolysis) is 2. The molecule has 2 aromatic rings. The molecule has 0 aromatic carbocycles. The van der Waals surface area contributed by atoms with Gasteiger partial charge in [0.25, 0.3) is 0 Å². The zero-order valence-electron chi connectivity index (χ0n) is 22.9. The number of carbonyl (C=O) groups is 2. The number of carbonyl (C=O) groups excluding carboxylic acids is 2. The van der Waals surface area contributed by atoms with Gasteiger partial charge in [0, 0.05) is 33.8 Å². The maximum Gasteiger partial charge on any atom is 0.408 e. The summed E-state index contributed by atoms with van der Waals surface area (Å²) in [6.45, 7) is 15.2. The largest absolute Gasteiger partial charge is 0.444 e. The lowest BCUT2D eigenvalue weighted by atomic mass is 10.2. The molecule has 0 saturated heterocycles. The number of hydrogen-bond acceptors (Lipinski definition) is 6. The van der Waals surface area contributed by atoms with E-state index in [9.17, 15) is 9.59 Å². The van der Waals surface area contributed by atoms with Crippen molar-refractivity contribution >= 4 is 28.1 Å². The van der Waals surface area contributed by atoms with Crippen LogP contribution in [0.5, 0.6) is 0 Å². The molecule has 0 bridgehead atoms. The van der Waals surface area contributed by atoms with Crippen LogP contribution in [0.25, 0.3) is 0 Å². The lowest BCUT2D eigenvalue weighted by Gasteiger charge is -2.19. The van der Waals surface area contributed by atoms with E-state index in [2.05, 4.69) is 54.3 Å². The number of amides is 2. The summed E-state index contributed by atoms with van der Waals surface area (Å²) >= 11 is 3.28. The lowest BCUT2D eigenvalue weighted by Crippen LogP contribution is -2.32. The zero-order chi connectivity index (χ0) is 28.5. The van der Waals surface area contributed by atoms with E-state index >= 15 is 0 Å². The summed E-state index contributed by atoms with van der Waals surface area (Å²) in [7, 11) is 0. The van der Waals surface area contributed by atoms with Gasteiger partial charge in [-0.3, -0.25) is 9.97 Å². The number of hydrogen-bond donors (Lipinski definition) is 2. The van der Waals surface area contributed by atoms with E-state index in [1.807, 2.05) is 58.9 Å². The Hall–Kier alpha value is -3.56. The van der Waals surface area contributed by atoms with E-state index in [1.165, 1.54) is 0 Å². The Morgan fingerprint density at radius 3 is 1.73 bits per heavy atom. The third-order valence-corrected chi connectivity index (χ3v) is 3.94. The highest BCUT2D eigenvalue weighted by Gasteiger charge is 2.15. The minimum Gasteiger partial charge on any atom is -0.444 e. The molecule has 0 radical (unpaired) electrons. The van der Waals surface area contributed by atoms with Gasteiger partial charge in [-0.25, -0.2) is 9.59 Å². The Bertz CT molecular complexity index is 1050. The van der Waals surface area contributed by atoms with Gasteiger partial charge in [0.05, 0.1) is 13.1 Å². The van der Waals surface area contributed by atoms with Crippen LogP contribution in [0.4, 0.5) is 9.59 Å². The molecule has 0 fully saturated rings. The first-order chi connectivity index (χ1) is 17.1. The van der Waals surface area contributed by atoms with Crippen LogP contribution in [0, 0.1) is 38.0 Å². The molecule has 2 rings (SSSR count). The number of halogens is 1. The summed E-state index contributed by atoms with van der Waals surface area (Å²) in [5, 5.41) is 4.96. The van der Waals surface area contributed by atoms with Gasteiger partial charge in [-0.1, -0.05) is 17.8 Å². The highest BCUT2D eigenvalue weighted by atomic mass is 79.9. The van der Waals surface area contributed by atoms with Crippen molar-refractivity contribution in [1.82, 2.24) is 20.6 Å². The molecule has 9 heteroatoms. The van der Waals surface area contributed by atoms with Gasteiger partial charge < -0.3 is 20.1 Å². The summed E-state index contributed by atoms with van der Waals surface area (Å²) in [6.07, 6.45) is 7.48. The smallest absolute Gasteiger partial charge is 0.408 e. The molecule has 2 heterocycles. The number of nitrogens with one attached hydrogen (secondary N) is 2. The van der Waals surface area contributed by atoms with Gasteiger partial charge in [0.15, 0.2) is 0 Å². The van der Waals surface area contributed by atoms with Gasteiger partial charge in [-0.05, 0) is 95.6 Å². The SMILES string of the molecule is C#CCNC(=O)OC(C)(C)C.Cc1ccc(Br)cn1.Cc1ccc(C#CCNC(=O)OC(C)(C)C)cn1. The normalized spacial score (nSPS) is 9.95. The topological polar surface area (TPSA) is 102 Å². The number of aryl methyl sites for hydroxylation is 2. The van der Waals surface area contributed by atoms with E-state index in [0.29, 0.717) is 0 Å². The van der Waals surface area contributed by atoms with Crippen LogP contribution < -0.4 is 10.6 Å². The molecule has 8 nitrogen and oxygen atoms in total. The van der Waals surface area contributed by atoms with Crippen molar-refractivity contribution in [3.63, 3.8) is 0 Å². The first kappa shape index (κ1) is 33.4. The minimum atomic E-state index is -0.488. The Morgan fingerprint density at radius 2 is 1.35 bits per heavy atom. The first-order valence-electron chi connectivity index (χ1n) is 11.5. The first-order valence-corrected chi connectivity index (χ1v) is 12.3. The van der Waals surface area contributed by atoms with Crippen LogP contribution in [0.15, 0.2) is 41.1 Å². The van der Waals surface area contributed by atoms with E-state index in [4.69, 9.17) is 15.9 Å². The van der Waals surface area contributed by atoms with Crippen molar-refractivity contribution in [3.8, 4) is 24.2 Å². The van der Waals surface area contributed by atoms with Crippen LogP contribution in [0.2, 0.25) is 0 Å². The van der Waals surface area contributed by atoms with Crippen molar-refractivity contribution < 1.29 is 19.1 Å². The van der Waals surface area contributed by atoms with E-state index in [0.717, 1.165) is 21.4 Å². The molecular formula is C28H37BrN4O4. The molecule has 0 aliphatic rings. The van der Waals surface area contributed by atoms with Gasteiger partial charge in [0.1, 0.15) is 11.2 Å². The minimum absolute atomic E-state index is 0.203. The van der Waals surface area contributed by atoms with Gasteiger partial charge in [0.2, 0.25) is 0 Å². The highest BCUT2D eigenvalue weighted by Crippen LogP contribution is 2.07. The quantitative estimate of drug-likeness (QED) is 0.456. The van der Waals surface area contributed by atoms with Crippen LogP contribution in [0.3, 0.4) is 0 Å². The molecule has 0 unspecified atom stereocenters. The van der Waals surface area contributed by atoms with Crippen LogP contribution in [-0.2, 0) is 9.47 Å². The molecule has 2 aromatic heterocycles. The number of rotatable bonds is 2. The fourth-order valence-corrected chi connectivity index (χ4v) is 2.24. The van der Waals surface area contributed by atoms with Gasteiger partial charge in [-0.2, -0.15) is 0 Å². The van der Waals surface area contributed by atoms with Crippen molar-refractivity contribution in [3.05, 3.63) is 58.1 Å². The second-order valence-electron chi connectivity index (χ2n) is 9.52. The highest BCUT2D eigenvalue weighted by molar-refractivity contribution is 9.10. The molecule has 200 valence electrons. The average Bonchev–Trinajstić information content (AvgIpc) is 2.77. The van der Waals surface area contributed by atoms with Crippen LogP contribution >= 0.6 is 15.9 Å². The zero-order valence-corrected chi connectivity index (χ0v) is 24.4. The number of terminal acetylenes is 1. The van der Waals surface area contributed by atoms with Crippen molar-refractivity contribution in [2.45, 2.75) is 66.6 Å². The van der Waals surface area contributed by atoms with Gasteiger partial charge >= 0.3 is 12.2 Å². The molecule has 37 heavy (non-hydrogen) atoms. The Kier molecular flexibility index (Phi) is 15.4. The average molecular weight is 574 g/mol. The Morgan fingerprint density at radius 1 is 0.865 bits per heavy atom. The molecule has 2 amide bonds. The molecule has 0 spiro atoms. The molecule has 0 atom stereocenters. The van der Waals surface area contributed by atoms with Crippen molar-refractivity contribution in [2.75, 3.05) is 13.1 Å². The second kappa shape index (κ2) is 17.0. The fraction of sp³-hybridized carbons (Fsp3) is 0.429. The maximum atomic E-state index is 11.3. The number of ether oxygens (including phenoxy) is 2. The molecular weight excluding hydrogens is 536 g/mol. The summed E-state index contributed by atoms with van der Waals surface area (Å²) in [5.74, 6) is 8.02. The van der Waals surface area contributed by atoms with Crippen molar-refractivity contribution in [2.24, 2.45) is 0 Å². The molecule has 0 aliphatic heterocycles. The maximum absolute atomic E-state index is 11.3. The lowest BCUT2D eigenvalue weighted by molar-refractivity contribution is 0.0523. The molecule has 0 aliphatic carbocycles. The molecule has 0 saturated carbocycles. The third kappa shape index (κ3) is 21.4. The third-order valence-electron chi connectivity index (χ3n) is 3.47. The monoisotopic (exact) mass is 572 g/mol. The van der Waals surface area contributed by atoms with Crippen LogP contribution in [0.1, 0.15) is 58.5 Å².